The number of benzene rings is 1. The van der Waals surface area contributed by atoms with Gasteiger partial charge in [0.05, 0.1) is 0 Å². The Balaban J connectivity index is 1.59. The van der Waals surface area contributed by atoms with Gasteiger partial charge in [0.1, 0.15) is 0 Å². The third kappa shape index (κ3) is 3.38. The molecule has 1 aromatic heterocycles. The van der Waals surface area contributed by atoms with Gasteiger partial charge < -0.3 is 5.32 Å². The highest BCUT2D eigenvalue weighted by Gasteiger charge is 2.15. The van der Waals surface area contributed by atoms with E-state index in [-0.39, 0.29) is 0 Å². The van der Waals surface area contributed by atoms with Gasteiger partial charge in [-0.2, -0.15) is 0 Å². The maximum atomic E-state index is 3.66. The second-order valence-electron chi connectivity index (χ2n) is 6.44. The molecule has 0 fully saturated rings. The normalized spacial score (nSPS) is 15.4. The smallest absolute Gasteiger partial charge is 0.0305 e. The molecule has 1 aromatic carbocycles. The molecule has 1 atom stereocenters. The van der Waals surface area contributed by atoms with Gasteiger partial charge in [0.25, 0.3) is 0 Å². The van der Waals surface area contributed by atoms with Crippen LogP contribution in [-0.2, 0) is 19.4 Å². The van der Waals surface area contributed by atoms with Crippen molar-refractivity contribution >= 4 is 11.3 Å². The van der Waals surface area contributed by atoms with Crippen molar-refractivity contribution in [2.24, 2.45) is 0 Å². The Labute approximate surface area is 132 Å². The number of nitrogens with one attached hydrogen (secondary N) is 1. The lowest BCUT2D eigenvalue weighted by atomic mass is 9.99. The monoisotopic (exact) mass is 299 g/mol. The van der Waals surface area contributed by atoms with Gasteiger partial charge in [-0.1, -0.05) is 38.1 Å². The summed E-state index contributed by atoms with van der Waals surface area (Å²) < 4.78 is 0. The summed E-state index contributed by atoms with van der Waals surface area (Å²) in [7, 11) is 0. The molecule has 0 bridgehead atoms. The van der Waals surface area contributed by atoms with Crippen molar-refractivity contribution in [1.82, 2.24) is 5.32 Å². The maximum absolute atomic E-state index is 3.66. The van der Waals surface area contributed by atoms with Crippen LogP contribution in [-0.4, -0.2) is 0 Å². The van der Waals surface area contributed by atoms with E-state index >= 15 is 0 Å². The van der Waals surface area contributed by atoms with Crippen LogP contribution >= 0.6 is 11.3 Å². The fourth-order valence-corrected chi connectivity index (χ4v) is 4.23. The van der Waals surface area contributed by atoms with Gasteiger partial charge in [0, 0.05) is 22.3 Å². The summed E-state index contributed by atoms with van der Waals surface area (Å²) in [5, 5.41) is 3.66. The van der Waals surface area contributed by atoms with Crippen molar-refractivity contribution in [3.8, 4) is 0 Å². The molecule has 1 heterocycles. The highest BCUT2D eigenvalue weighted by atomic mass is 32.1. The predicted octanol–water partition coefficient (Wildman–Crippen LogP) is 5.21. The van der Waals surface area contributed by atoms with Gasteiger partial charge in [0.15, 0.2) is 0 Å². The van der Waals surface area contributed by atoms with Gasteiger partial charge in [-0.05, 0) is 54.9 Å². The van der Waals surface area contributed by atoms with Crippen LogP contribution in [0.3, 0.4) is 0 Å². The number of aryl methyl sites for hydroxylation is 2. The standard InChI is InChI=1S/C19H25NS/c1-13(2)15-7-9-16(10-8-15)14(3)20-12-18-11-17-5-4-6-19(17)21-18/h7-11,13-14,20H,4-6,12H2,1-3H3. The largest absolute Gasteiger partial charge is 0.305 e. The fraction of sp³-hybridized carbons (Fsp3) is 0.474. The molecule has 0 radical (unpaired) electrons. The Bertz CT molecular complexity index is 573. The highest BCUT2D eigenvalue weighted by Crippen LogP contribution is 2.30. The molecule has 2 heteroatoms. The Kier molecular flexibility index (Phi) is 4.46. The summed E-state index contributed by atoms with van der Waals surface area (Å²) in [4.78, 5) is 3.12. The molecule has 1 aliphatic rings. The minimum Gasteiger partial charge on any atom is -0.305 e. The maximum Gasteiger partial charge on any atom is 0.0305 e. The van der Waals surface area contributed by atoms with E-state index in [1.54, 1.807) is 10.4 Å². The van der Waals surface area contributed by atoms with Crippen LogP contribution in [0.4, 0.5) is 0 Å². The molecule has 0 saturated heterocycles. The molecule has 112 valence electrons. The van der Waals surface area contributed by atoms with E-state index in [2.05, 4.69) is 56.4 Å². The number of thiophene rings is 1. The minimum atomic E-state index is 0.406. The number of fused-ring (bicyclic) bond motifs is 1. The van der Waals surface area contributed by atoms with E-state index in [1.807, 2.05) is 11.3 Å². The summed E-state index contributed by atoms with van der Waals surface area (Å²) in [6.07, 6.45) is 3.94. The second-order valence-corrected chi connectivity index (χ2v) is 7.66. The van der Waals surface area contributed by atoms with E-state index < -0.39 is 0 Å². The second kappa shape index (κ2) is 6.33. The first-order valence-corrected chi connectivity index (χ1v) is 8.89. The molecule has 1 aliphatic carbocycles. The molecule has 0 saturated carbocycles. The molecule has 1 nitrogen and oxygen atoms in total. The molecule has 0 aliphatic heterocycles. The summed E-state index contributed by atoms with van der Waals surface area (Å²) in [6, 6.07) is 11.9. The van der Waals surface area contributed by atoms with Gasteiger partial charge in [-0.15, -0.1) is 11.3 Å². The van der Waals surface area contributed by atoms with Crippen LogP contribution < -0.4 is 5.32 Å². The molecule has 1 N–H and O–H groups in total. The van der Waals surface area contributed by atoms with Crippen molar-refractivity contribution in [1.29, 1.82) is 0 Å². The summed E-state index contributed by atoms with van der Waals surface area (Å²) in [5.41, 5.74) is 4.40. The van der Waals surface area contributed by atoms with Crippen molar-refractivity contribution in [2.45, 2.75) is 58.5 Å². The number of rotatable bonds is 5. The van der Waals surface area contributed by atoms with Crippen molar-refractivity contribution < 1.29 is 0 Å². The Morgan fingerprint density at radius 2 is 1.76 bits per heavy atom. The van der Waals surface area contributed by atoms with E-state index in [4.69, 9.17) is 0 Å². The van der Waals surface area contributed by atoms with Crippen LogP contribution in [0.2, 0.25) is 0 Å². The van der Waals surface area contributed by atoms with Gasteiger partial charge >= 0.3 is 0 Å². The first-order chi connectivity index (χ1) is 10.1. The SMILES string of the molecule is CC(C)c1ccc(C(C)NCc2cc3c(s2)CCC3)cc1. The van der Waals surface area contributed by atoms with E-state index in [1.165, 1.54) is 35.3 Å². The van der Waals surface area contributed by atoms with E-state index in [0.717, 1.165) is 6.54 Å². The number of hydrogen-bond acceptors (Lipinski definition) is 2. The van der Waals surface area contributed by atoms with Crippen LogP contribution in [0.5, 0.6) is 0 Å². The summed E-state index contributed by atoms with van der Waals surface area (Å²) in [6.45, 7) is 7.73. The summed E-state index contributed by atoms with van der Waals surface area (Å²) in [5.74, 6) is 0.607. The van der Waals surface area contributed by atoms with Crippen molar-refractivity contribution in [3.05, 3.63) is 56.8 Å². The third-order valence-corrected chi connectivity index (χ3v) is 5.72. The molecule has 21 heavy (non-hydrogen) atoms. The van der Waals surface area contributed by atoms with Crippen LogP contribution in [0.1, 0.15) is 65.6 Å². The third-order valence-electron chi connectivity index (χ3n) is 4.48. The van der Waals surface area contributed by atoms with Crippen LogP contribution in [0.15, 0.2) is 30.3 Å². The quantitative estimate of drug-likeness (QED) is 0.799. The molecule has 0 amide bonds. The lowest BCUT2D eigenvalue weighted by Gasteiger charge is -2.15. The fourth-order valence-electron chi connectivity index (χ4n) is 3.02. The predicted molar refractivity (Wildman–Crippen MR) is 92.1 cm³/mol. The molecular weight excluding hydrogens is 274 g/mol. The van der Waals surface area contributed by atoms with E-state index in [9.17, 15) is 0 Å². The van der Waals surface area contributed by atoms with Gasteiger partial charge in [0.2, 0.25) is 0 Å². The highest BCUT2D eigenvalue weighted by molar-refractivity contribution is 7.12. The molecule has 1 unspecified atom stereocenters. The van der Waals surface area contributed by atoms with Gasteiger partial charge in [-0.3, -0.25) is 0 Å². The van der Waals surface area contributed by atoms with E-state index in [0.29, 0.717) is 12.0 Å². The average molecular weight is 299 g/mol. The minimum absolute atomic E-state index is 0.406. The first-order valence-electron chi connectivity index (χ1n) is 8.07. The lowest BCUT2D eigenvalue weighted by Crippen LogP contribution is -2.17. The zero-order valence-corrected chi connectivity index (χ0v) is 14.1. The van der Waals surface area contributed by atoms with Crippen LogP contribution in [0.25, 0.3) is 0 Å². The molecule has 0 spiro atoms. The van der Waals surface area contributed by atoms with Crippen molar-refractivity contribution in [3.63, 3.8) is 0 Å². The zero-order chi connectivity index (χ0) is 14.8. The average Bonchev–Trinajstić information content (AvgIpc) is 3.06. The zero-order valence-electron chi connectivity index (χ0n) is 13.3. The Morgan fingerprint density at radius 3 is 2.43 bits per heavy atom. The number of hydrogen-bond donors (Lipinski definition) is 1. The summed E-state index contributed by atoms with van der Waals surface area (Å²) >= 11 is 2.00. The van der Waals surface area contributed by atoms with Crippen molar-refractivity contribution in [2.75, 3.05) is 0 Å². The molecule has 2 aromatic rings. The van der Waals surface area contributed by atoms with Gasteiger partial charge in [-0.25, -0.2) is 0 Å². The van der Waals surface area contributed by atoms with Crippen LogP contribution in [0, 0.1) is 0 Å². The topological polar surface area (TPSA) is 12.0 Å². The lowest BCUT2D eigenvalue weighted by molar-refractivity contribution is 0.578. The Morgan fingerprint density at radius 1 is 1.05 bits per heavy atom. The molecule has 3 rings (SSSR count). The first kappa shape index (κ1) is 14.8. The Hall–Kier alpha value is -1.12. The molecular formula is C19H25NS.